The van der Waals surface area contributed by atoms with Crippen LogP contribution in [0.25, 0.3) is 0 Å². The Morgan fingerprint density at radius 2 is 1.85 bits per heavy atom. The maximum absolute atomic E-state index is 11.7. The Bertz CT molecular complexity index is 634. The summed E-state index contributed by atoms with van der Waals surface area (Å²) in [4.78, 5) is 23.1. The molecule has 0 aliphatic carbocycles. The topological polar surface area (TPSA) is 92.3 Å². The van der Waals surface area contributed by atoms with Gasteiger partial charge in [-0.1, -0.05) is 0 Å². The summed E-state index contributed by atoms with van der Waals surface area (Å²) in [6.07, 6.45) is -0.0328. The number of hydrogen-bond donors (Lipinski definition) is 1. The summed E-state index contributed by atoms with van der Waals surface area (Å²) in [5.74, 6) is 0.861. The minimum absolute atomic E-state index is 0.000574. The lowest BCUT2D eigenvalue weighted by Gasteiger charge is -2.23. The molecular weight excluding hydrogens is 410 g/mol. The van der Waals surface area contributed by atoms with Crippen LogP contribution < -0.4 is 14.8 Å². The van der Waals surface area contributed by atoms with Crippen LogP contribution in [-0.4, -0.2) is 59.3 Å². The Hall–Kier alpha value is -2.00. The number of carbonyl (C=O) groups excluding carboxylic acids is 2. The fourth-order valence-corrected chi connectivity index (χ4v) is 2.72. The summed E-state index contributed by atoms with van der Waals surface area (Å²) in [6, 6.07) is 3.66. The van der Waals surface area contributed by atoms with E-state index in [9.17, 15) is 9.59 Å². The number of amides is 1. The van der Waals surface area contributed by atoms with E-state index in [2.05, 4.69) is 21.2 Å². The largest absolute Gasteiger partial charge is 0.496 e. The first kappa shape index (κ1) is 20.3. The predicted octanol–water partition coefficient (Wildman–Crippen LogP) is 1.92. The van der Waals surface area contributed by atoms with E-state index in [0.717, 1.165) is 10.0 Å². The highest BCUT2D eigenvalue weighted by molar-refractivity contribution is 9.10. The lowest BCUT2D eigenvalue weighted by molar-refractivity contribution is -0.164. The van der Waals surface area contributed by atoms with E-state index >= 15 is 0 Å². The van der Waals surface area contributed by atoms with Crippen LogP contribution in [0.2, 0.25) is 0 Å². The van der Waals surface area contributed by atoms with Crippen molar-refractivity contribution in [2.24, 2.45) is 5.92 Å². The van der Waals surface area contributed by atoms with Crippen LogP contribution in [0, 0.1) is 5.92 Å². The van der Waals surface area contributed by atoms with Crippen molar-refractivity contribution in [3.63, 3.8) is 0 Å². The minimum atomic E-state index is -0.573. The number of hydrogen-bond acceptors (Lipinski definition) is 7. The van der Waals surface area contributed by atoms with Gasteiger partial charge in [0.1, 0.15) is 30.6 Å². The second-order valence-corrected chi connectivity index (χ2v) is 6.37. The first-order valence-electron chi connectivity index (χ1n) is 8.10. The molecule has 0 bridgehead atoms. The molecule has 9 heteroatoms. The number of nitrogens with one attached hydrogen (secondary N) is 1. The highest BCUT2D eigenvalue weighted by Crippen LogP contribution is 2.32. The number of halogens is 1. The van der Waals surface area contributed by atoms with Crippen LogP contribution in [-0.2, 0) is 25.4 Å². The van der Waals surface area contributed by atoms with E-state index in [0.29, 0.717) is 37.7 Å². The maximum atomic E-state index is 11.7. The van der Waals surface area contributed by atoms with Crippen LogP contribution in [0.5, 0.6) is 11.5 Å². The molecule has 2 rings (SSSR count). The van der Waals surface area contributed by atoms with Gasteiger partial charge in [0.05, 0.1) is 31.9 Å². The molecule has 1 aliphatic rings. The van der Waals surface area contributed by atoms with Gasteiger partial charge in [-0.15, -0.1) is 0 Å². The summed E-state index contributed by atoms with van der Waals surface area (Å²) in [5, 5.41) is 2.64. The van der Waals surface area contributed by atoms with Crippen molar-refractivity contribution in [1.82, 2.24) is 5.32 Å². The molecule has 1 aromatic rings. The van der Waals surface area contributed by atoms with Gasteiger partial charge in [-0.2, -0.15) is 0 Å². The van der Waals surface area contributed by atoms with Crippen molar-refractivity contribution >= 4 is 28.0 Å². The molecule has 26 heavy (non-hydrogen) atoms. The molecule has 1 aromatic carbocycles. The van der Waals surface area contributed by atoms with E-state index in [4.69, 9.17) is 23.7 Å². The van der Waals surface area contributed by atoms with Crippen molar-refractivity contribution in [3.8, 4) is 11.5 Å². The molecule has 1 heterocycles. The summed E-state index contributed by atoms with van der Waals surface area (Å²) in [6.45, 7) is 1.18. The van der Waals surface area contributed by atoms with E-state index in [1.807, 2.05) is 12.1 Å². The average molecular weight is 432 g/mol. The van der Waals surface area contributed by atoms with Crippen LogP contribution in [0.15, 0.2) is 16.6 Å². The molecule has 1 fully saturated rings. The highest BCUT2D eigenvalue weighted by Gasteiger charge is 2.27. The third-order valence-electron chi connectivity index (χ3n) is 3.75. The average Bonchev–Trinajstić information content (AvgIpc) is 2.58. The van der Waals surface area contributed by atoms with E-state index in [-0.39, 0.29) is 25.1 Å². The van der Waals surface area contributed by atoms with Crippen molar-refractivity contribution in [2.45, 2.75) is 6.42 Å². The fourth-order valence-electron chi connectivity index (χ4n) is 2.24. The zero-order valence-corrected chi connectivity index (χ0v) is 16.3. The van der Waals surface area contributed by atoms with Crippen LogP contribution in [0.4, 0.5) is 4.79 Å². The molecule has 0 spiro atoms. The second-order valence-electron chi connectivity index (χ2n) is 5.51. The number of esters is 1. The Balaban J connectivity index is 1.67. The molecule has 0 atom stereocenters. The van der Waals surface area contributed by atoms with Crippen molar-refractivity contribution in [1.29, 1.82) is 0 Å². The summed E-state index contributed by atoms with van der Waals surface area (Å²) >= 11 is 3.40. The molecular formula is C17H22BrNO7. The molecule has 1 amide bonds. The monoisotopic (exact) mass is 431 g/mol. The molecule has 0 saturated carbocycles. The molecule has 144 valence electrons. The van der Waals surface area contributed by atoms with Crippen molar-refractivity contribution in [3.05, 3.63) is 22.2 Å². The smallest absolute Gasteiger partial charge is 0.407 e. The Morgan fingerprint density at radius 1 is 1.15 bits per heavy atom. The Morgan fingerprint density at radius 3 is 2.46 bits per heavy atom. The first-order chi connectivity index (χ1) is 12.5. The lowest BCUT2D eigenvalue weighted by Crippen LogP contribution is -2.36. The molecule has 8 nitrogen and oxygen atoms in total. The van der Waals surface area contributed by atoms with Crippen LogP contribution in [0.1, 0.15) is 5.56 Å². The number of ether oxygens (including phenoxy) is 5. The maximum Gasteiger partial charge on any atom is 0.407 e. The van der Waals surface area contributed by atoms with Crippen molar-refractivity contribution < 1.29 is 33.3 Å². The van der Waals surface area contributed by atoms with Gasteiger partial charge in [-0.05, 0) is 40.0 Å². The van der Waals surface area contributed by atoms with Gasteiger partial charge < -0.3 is 29.0 Å². The van der Waals surface area contributed by atoms with E-state index < -0.39 is 6.09 Å². The number of alkyl carbamates (subject to hydrolysis) is 1. The predicted molar refractivity (Wildman–Crippen MR) is 95.6 cm³/mol. The third kappa shape index (κ3) is 5.77. The van der Waals surface area contributed by atoms with E-state index in [1.54, 1.807) is 14.2 Å². The lowest BCUT2D eigenvalue weighted by atomic mass is 10.1. The highest BCUT2D eigenvalue weighted by atomic mass is 79.9. The number of benzene rings is 1. The molecule has 0 aromatic heterocycles. The number of carbonyl (C=O) groups is 2. The zero-order valence-electron chi connectivity index (χ0n) is 14.7. The van der Waals surface area contributed by atoms with Crippen LogP contribution in [0.3, 0.4) is 0 Å². The van der Waals surface area contributed by atoms with Gasteiger partial charge in [0, 0.05) is 6.54 Å². The summed E-state index contributed by atoms with van der Waals surface area (Å²) in [5.41, 5.74) is 0.893. The zero-order chi connectivity index (χ0) is 18.9. The quantitative estimate of drug-likeness (QED) is 0.471. The van der Waals surface area contributed by atoms with Gasteiger partial charge in [0.25, 0.3) is 0 Å². The van der Waals surface area contributed by atoms with Crippen molar-refractivity contribution in [2.75, 3.05) is 47.2 Å². The van der Waals surface area contributed by atoms with Gasteiger partial charge in [0.2, 0.25) is 0 Å². The SMILES string of the molecule is COc1cc(CCNC(=O)OCCOC(=O)C2COC2)c(OC)cc1Br. The molecule has 1 N–H and O–H groups in total. The molecule has 0 radical (unpaired) electrons. The second kappa shape index (κ2) is 10.2. The van der Waals surface area contributed by atoms with Gasteiger partial charge >= 0.3 is 12.1 Å². The van der Waals surface area contributed by atoms with Gasteiger partial charge in [0.15, 0.2) is 0 Å². The molecule has 0 unspecified atom stereocenters. The molecule has 1 saturated heterocycles. The first-order valence-corrected chi connectivity index (χ1v) is 8.89. The Labute approximate surface area is 160 Å². The summed E-state index contributed by atoms with van der Waals surface area (Å²) < 4.78 is 26.2. The molecule has 1 aliphatic heterocycles. The van der Waals surface area contributed by atoms with Gasteiger partial charge in [-0.25, -0.2) is 4.79 Å². The fraction of sp³-hybridized carbons (Fsp3) is 0.529. The minimum Gasteiger partial charge on any atom is -0.496 e. The Kier molecular flexibility index (Phi) is 7.99. The number of methoxy groups -OCH3 is 2. The van der Waals surface area contributed by atoms with Crippen LogP contribution >= 0.6 is 15.9 Å². The number of rotatable bonds is 9. The third-order valence-corrected chi connectivity index (χ3v) is 4.37. The normalized spacial score (nSPS) is 13.5. The van der Waals surface area contributed by atoms with E-state index in [1.165, 1.54) is 0 Å². The summed E-state index contributed by atoms with van der Waals surface area (Å²) in [7, 11) is 3.16. The standard InChI is InChI=1S/C17H22BrNO7/c1-22-14-8-13(18)15(23-2)7-11(14)3-4-19-17(21)26-6-5-25-16(20)12-9-24-10-12/h7-8,12H,3-6,9-10H2,1-2H3,(H,19,21). The van der Waals surface area contributed by atoms with Gasteiger partial charge in [-0.3, -0.25) is 4.79 Å².